The summed E-state index contributed by atoms with van der Waals surface area (Å²) in [6, 6.07) is 30.9. The number of anilines is 1. The fourth-order valence-corrected chi connectivity index (χ4v) is 10.3. The lowest BCUT2D eigenvalue weighted by molar-refractivity contribution is 0.0232. The lowest BCUT2D eigenvalue weighted by Crippen LogP contribution is -2.41. The molecule has 0 saturated heterocycles. The summed E-state index contributed by atoms with van der Waals surface area (Å²) in [5.41, 5.74) is 6.04. The van der Waals surface area contributed by atoms with Gasteiger partial charge in [0.2, 0.25) is 5.88 Å². The molecule has 12 heteroatoms. The van der Waals surface area contributed by atoms with Gasteiger partial charge in [-0.25, -0.2) is 23.2 Å². The molecule has 1 aromatic heterocycles. The number of aryl methyl sites for hydroxylation is 2. The van der Waals surface area contributed by atoms with E-state index in [1.165, 1.54) is 22.2 Å². The highest BCUT2D eigenvalue weighted by atomic mass is 32.2. The Hall–Kier alpha value is -5.62. The van der Waals surface area contributed by atoms with Crippen LogP contribution in [-0.2, 0) is 52.4 Å². The standard InChI is InChI=1S/C45H50N6O5S/c1-44(2,3)56-43(53)50(4)28-31-29-51-41(55-30-31)39(27-46-51)57(54,48-42(52)47-40-37-24-14-16-32(37)26-33-17-15-25-38(33)40)49-45(34-18-8-5-9-19-34,35-20-10-6-11-21-35)36-22-12-7-13-23-36/h5-13,18-23,26-27,31H,14-17,24-25,28-30H2,1-4H3,(H2,47,48,49,52,54)/t31-,57?/m1/s1. The van der Waals surface area contributed by atoms with E-state index in [9.17, 15) is 9.59 Å². The van der Waals surface area contributed by atoms with E-state index >= 15 is 4.21 Å². The third-order valence-electron chi connectivity index (χ3n) is 11.0. The van der Waals surface area contributed by atoms with Crippen molar-refractivity contribution in [1.29, 1.82) is 0 Å². The van der Waals surface area contributed by atoms with Gasteiger partial charge in [0.1, 0.15) is 16.0 Å². The Bertz CT molecular complexity index is 2270. The summed E-state index contributed by atoms with van der Waals surface area (Å²) < 4.78 is 38.2. The van der Waals surface area contributed by atoms with E-state index in [-0.39, 0.29) is 23.3 Å². The second kappa shape index (κ2) is 15.4. The Balaban J connectivity index is 1.25. The van der Waals surface area contributed by atoms with Gasteiger partial charge in [-0.15, -0.1) is 0 Å². The molecule has 3 amide bonds. The zero-order chi connectivity index (χ0) is 39.8. The molecule has 1 aliphatic heterocycles. The molecule has 0 fully saturated rings. The van der Waals surface area contributed by atoms with E-state index in [0.29, 0.717) is 13.1 Å². The molecular formula is C45H50N6O5S. The third-order valence-corrected chi connectivity index (χ3v) is 12.8. The van der Waals surface area contributed by atoms with Gasteiger partial charge in [0.25, 0.3) is 0 Å². The van der Waals surface area contributed by atoms with E-state index in [1.807, 2.05) is 112 Å². The van der Waals surface area contributed by atoms with Gasteiger partial charge in [-0.1, -0.05) is 97.1 Å². The highest BCUT2D eigenvalue weighted by Crippen LogP contribution is 2.44. The molecule has 0 spiro atoms. The quantitative estimate of drug-likeness (QED) is 0.145. The average molecular weight is 787 g/mol. The first kappa shape index (κ1) is 38.3. The molecule has 8 rings (SSSR count). The number of hydrogen-bond donors (Lipinski definition) is 2. The fourth-order valence-electron chi connectivity index (χ4n) is 8.48. The second-order valence-electron chi connectivity index (χ2n) is 16.2. The number of aromatic nitrogens is 2. The molecule has 1 unspecified atom stereocenters. The van der Waals surface area contributed by atoms with Crippen molar-refractivity contribution in [3.63, 3.8) is 0 Å². The van der Waals surface area contributed by atoms with E-state index < -0.39 is 33.2 Å². The minimum atomic E-state index is -3.92. The van der Waals surface area contributed by atoms with Crippen LogP contribution in [0.2, 0.25) is 0 Å². The molecule has 2 aliphatic carbocycles. The van der Waals surface area contributed by atoms with Crippen LogP contribution in [-0.4, -0.2) is 56.8 Å². The van der Waals surface area contributed by atoms with Crippen molar-refractivity contribution in [3.8, 4) is 5.88 Å². The van der Waals surface area contributed by atoms with E-state index in [2.05, 4.69) is 21.2 Å². The molecule has 57 heavy (non-hydrogen) atoms. The van der Waals surface area contributed by atoms with Gasteiger partial charge in [0.15, 0.2) is 9.92 Å². The Morgan fingerprint density at radius 2 is 1.42 bits per heavy atom. The molecule has 11 nitrogen and oxygen atoms in total. The lowest BCUT2D eigenvalue weighted by atomic mass is 9.78. The average Bonchev–Trinajstić information content (AvgIpc) is 3.98. The minimum Gasteiger partial charge on any atom is -0.476 e. The number of carbonyl (C=O) groups is 2. The first-order valence-electron chi connectivity index (χ1n) is 19.8. The van der Waals surface area contributed by atoms with Crippen molar-refractivity contribution in [3.05, 3.63) is 142 Å². The Morgan fingerprint density at radius 1 is 0.877 bits per heavy atom. The van der Waals surface area contributed by atoms with E-state index in [1.54, 1.807) is 11.7 Å². The van der Waals surface area contributed by atoms with Crippen molar-refractivity contribution >= 4 is 27.7 Å². The summed E-state index contributed by atoms with van der Waals surface area (Å²) >= 11 is 0. The van der Waals surface area contributed by atoms with Gasteiger partial charge in [0, 0.05) is 25.2 Å². The molecule has 2 atom stereocenters. The number of nitrogens with one attached hydrogen (secondary N) is 2. The van der Waals surface area contributed by atoms with Crippen LogP contribution in [0.1, 0.15) is 72.6 Å². The number of carbonyl (C=O) groups excluding carboxylic acids is 2. The van der Waals surface area contributed by atoms with Crippen molar-refractivity contribution < 1.29 is 23.3 Å². The Kier molecular flexibility index (Phi) is 10.3. The highest BCUT2D eigenvalue weighted by Gasteiger charge is 2.41. The van der Waals surface area contributed by atoms with E-state index in [4.69, 9.17) is 13.8 Å². The molecular weight excluding hydrogens is 737 g/mol. The smallest absolute Gasteiger partial charge is 0.410 e. The van der Waals surface area contributed by atoms with Crippen LogP contribution in [0.15, 0.2) is 113 Å². The van der Waals surface area contributed by atoms with Crippen molar-refractivity contribution in [2.45, 2.75) is 81.9 Å². The van der Waals surface area contributed by atoms with Gasteiger partial charge >= 0.3 is 12.1 Å². The number of nitrogens with zero attached hydrogens (tertiary/aromatic N) is 4. The van der Waals surface area contributed by atoms with Gasteiger partial charge in [0.05, 0.1) is 19.3 Å². The highest BCUT2D eigenvalue weighted by molar-refractivity contribution is 7.92. The molecule has 2 N–H and O–H groups in total. The Morgan fingerprint density at radius 3 is 1.95 bits per heavy atom. The van der Waals surface area contributed by atoms with Crippen molar-refractivity contribution in [2.75, 3.05) is 25.5 Å². The Labute approximate surface area is 335 Å². The topological polar surface area (TPSA) is 127 Å². The van der Waals surface area contributed by atoms with Crippen molar-refractivity contribution in [1.82, 2.24) is 19.4 Å². The van der Waals surface area contributed by atoms with Crippen LogP contribution in [0.5, 0.6) is 5.88 Å². The fraction of sp³-hybridized carbons (Fsp3) is 0.356. The summed E-state index contributed by atoms with van der Waals surface area (Å²) in [5.74, 6) is 0.121. The van der Waals surface area contributed by atoms with Gasteiger partial charge < -0.3 is 19.7 Å². The van der Waals surface area contributed by atoms with Crippen LogP contribution in [0.25, 0.3) is 0 Å². The second-order valence-corrected chi connectivity index (χ2v) is 18.1. The third kappa shape index (κ3) is 7.62. The van der Waals surface area contributed by atoms with Crippen molar-refractivity contribution in [2.24, 2.45) is 10.3 Å². The summed E-state index contributed by atoms with van der Waals surface area (Å²) in [5, 5.41) is 7.86. The molecule has 296 valence electrons. The number of ether oxygens (including phenoxy) is 2. The van der Waals surface area contributed by atoms with E-state index in [0.717, 1.165) is 72.0 Å². The number of fused-ring (bicyclic) bond motifs is 3. The number of hydrogen-bond acceptors (Lipinski definition) is 7. The van der Waals surface area contributed by atoms with Gasteiger partial charge in [-0.2, -0.15) is 9.46 Å². The largest absolute Gasteiger partial charge is 0.476 e. The van der Waals surface area contributed by atoms with Crippen LogP contribution in [0, 0.1) is 5.92 Å². The molecule has 3 aliphatic rings. The zero-order valence-electron chi connectivity index (χ0n) is 33.0. The van der Waals surface area contributed by atoms with Crippen LogP contribution in [0.3, 0.4) is 0 Å². The number of benzene rings is 4. The maximum absolute atomic E-state index is 16.3. The van der Waals surface area contributed by atoms with Gasteiger partial charge in [-0.05, 0) is 98.2 Å². The predicted octanol–water partition coefficient (Wildman–Crippen LogP) is 8.29. The monoisotopic (exact) mass is 786 g/mol. The SMILES string of the molecule is CN(C[C@H]1COc2c(S(=O)(=NC(c3ccccc3)(c3ccccc3)c3ccccc3)NC(=O)Nc3c4c(cc5c3CCC5)CCC4)cnn2C1)C(=O)OC(C)(C)C. The predicted molar refractivity (Wildman–Crippen MR) is 221 cm³/mol. The minimum absolute atomic E-state index is 0.133. The van der Waals surface area contributed by atoms with Crippen LogP contribution in [0.4, 0.5) is 15.3 Å². The molecule has 0 radical (unpaired) electrons. The van der Waals surface area contributed by atoms with Gasteiger partial charge in [-0.3, -0.25) is 0 Å². The summed E-state index contributed by atoms with van der Waals surface area (Å²) in [6.07, 6.45) is 6.84. The number of urea groups is 1. The van der Waals surface area contributed by atoms with Crippen LogP contribution >= 0.6 is 0 Å². The lowest BCUT2D eigenvalue weighted by Gasteiger charge is -2.33. The summed E-state index contributed by atoms with van der Waals surface area (Å²) in [7, 11) is -2.23. The molecule has 0 saturated carbocycles. The normalized spacial score (nSPS) is 16.9. The maximum atomic E-state index is 16.3. The first-order chi connectivity index (χ1) is 27.4. The summed E-state index contributed by atoms with van der Waals surface area (Å²) in [6.45, 7) is 6.45. The zero-order valence-corrected chi connectivity index (χ0v) is 33.8. The van der Waals surface area contributed by atoms with Crippen LogP contribution < -0.4 is 14.8 Å². The summed E-state index contributed by atoms with van der Waals surface area (Å²) in [4.78, 5) is 29.0. The molecule has 4 aromatic carbocycles. The first-order valence-corrected chi connectivity index (χ1v) is 21.3. The molecule has 0 bridgehead atoms. The maximum Gasteiger partial charge on any atom is 0.410 e. The number of amides is 3. The molecule has 2 heterocycles. The molecule has 5 aromatic rings. The number of rotatable bonds is 9.